The van der Waals surface area contributed by atoms with Gasteiger partial charge in [0.15, 0.2) is 4.96 Å². The number of hydrogen-bond donors (Lipinski definition) is 1. The van der Waals surface area contributed by atoms with Crippen molar-refractivity contribution >= 4 is 16.3 Å². The van der Waals surface area contributed by atoms with Gasteiger partial charge in [0.25, 0.3) is 0 Å². The maximum atomic E-state index is 11.9. The topological polar surface area (TPSA) is 29.3 Å². The first-order valence-electron chi connectivity index (χ1n) is 6.16. The number of fused-ring (bicyclic) bond motifs is 1. The predicted molar refractivity (Wildman–Crippen MR) is 69.4 cm³/mol. The zero-order valence-electron chi connectivity index (χ0n) is 10.6. The molecule has 19 heavy (non-hydrogen) atoms. The number of nitrogens with zero attached hydrogens (tertiary/aromatic N) is 2. The molecular formula is C12H16F3N3S. The van der Waals surface area contributed by atoms with Gasteiger partial charge in [0.1, 0.15) is 0 Å². The number of aromatic nitrogens is 2. The molecule has 0 aliphatic heterocycles. The molecule has 7 heteroatoms. The molecule has 0 bridgehead atoms. The van der Waals surface area contributed by atoms with Crippen LogP contribution in [0.4, 0.5) is 13.2 Å². The second kappa shape index (κ2) is 5.92. The van der Waals surface area contributed by atoms with Crippen molar-refractivity contribution in [3.63, 3.8) is 0 Å². The average Bonchev–Trinajstić information content (AvgIpc) is 2.84. The van der Waals surface area contributed by atoms with E-state index < -0.39 is 12.6 Å². The van der Waals surface area contributed by atoms with E-state index in [2.05, 4.69) is 10.3 Å². The molecule has 0 saturated heterocycles. The van der Waals surface area contributed by atoms with Gasteiger partial charge in [0.2, 0.25) is 0 Å². The Bertz CT molecular complexity index is 530. The van der Waals surface area contributed by atoms with Crippen LogP contribution < -0.4 is 5.32 Å². The highest BCUT2D eigenvalue weighted by molar-refractivity contribution is 7.15. The smallest absolute Gasteiger partial charge is 0.311 e. The second-order valence-electron chi connectivity index (χ2n) is 4.45. The molecule has 106 valence electrons. The lowest BCUT2D eigenvalue weighted by molar-refractivity contribution is -0.135. The van der Waals surface area contributed by atoms with Gasteiger partial charge in [-0.3, -0.25) is 4.40 Å². The Labute approximate surface area is 113 Å². The van der Waals surface area contributed by atoms with Crippen LogP contribution in [0, 0.1) is 6.92 Å². The molecule has 3 nitrogen and oxygen atoms in total. The van der Waals surface area contributed by atoms with Crippen LogP contribution in [0.25, 0.3) is 4.96 Å². The van der Waals surface area contributed by atoms with Crippen molar-refractivity contribution < 1.29 is 13.2 Å². The monoisotopic (exact) mass is 291 g/mol. The van der Waals surface area contributed by atoms with Crippen molar-refractivity contribution in [1.29, 1.82) is 0 Å². The minimum absolute atomic E-state index is 0.176. The summed E-state index contributed by atoms with van der Waals surface area (Å²) in [5, 5.41) is 5.14. The molecule has 0 atom stereocenters. The highest BCUT2D eigenvalue weighted by atomic mass is 32.1. The summed E-state index contributed by atoms with van der Waals surface area (Å²) < 4.78 is 37.9. The first kappa shape index (κ1) is 14.3. The number of imidazole rings is 1. The number of hydrogen-bond acceptors (Lipinski definition) is 3. The summed E-state index contributed by atoms with van der Waals surface area (Å²) in [5.41, 5.74) is 2.04. The Hall–Kier alpha value is -1.08. The van der Waals surface area contributed by atoms with Crippen LogP contribution in [-0.4, -0.2) is 22.1 Å². The van der Waals surface area contributed by atoms with Crippen LogP contribution in [0.2, 0.25) is 0 Å². The van der Waals surface area contributed by atoms with Gasteiger partial charge in [-0.1, -0.05) is 0 Å². The largest absolute Gasteiger partial charge is 0.389 e. The third kappa shape index (κ3) is 3.94. The van der Waals surface area contributed by atoms with Gasteiger partial charge >= 0.3 is 6.18 Å². The molecule has 2 aromatic heterocycles. The Kier molecular flexibility index (Phi) is 4.46. The molecule has 1 N–H and O–H groups in total. The number of nitrogens with one attached hydrogen (secondary N) is 1. The lowest BCUT2D eigenvalue weighted by Crippen LogP contribution is -2.17. The molecule has 2 aromatic rings. The summed E-state index contributed by atoms with van der Waals surface area (Å²) in [5.74, 6) is 0. The molecule has 0 aromatic carbocycles. The van der Waals surface area contributed by atoms with E-state index in [0.717, 1.165) is 16.3 Å². The van der Waals surface area contributed by atoms with Crippen LogP contribution in [0.1, 0.15) is 30.7 Å². The molecular weight excluding hydrogens is 275 g/mol. The number of thiazole rings is 1. The third-order valence-electron chi connectivity index (χ3n) is 2.92. The minimum atomic E-state index is -4.04. The quantitative estimate of drug-likeness (QED) is 0.825. The molecule has 0 amide bonds. The van der Waals surface area contributed by atoms with E-state index in [1.54, 1.807) is 11.3 Å². The average molecular weight is 291 g/mol. The van der Waals surface area contributed by atoms with Crippen LogP contribution in [-0.2, 0) is 6.54 Å². The molecule has 0 unspecified atom stereocenters. The highest BCUT2D eigenvalue weighted by Crippen LogP contribution is 2.22. The SMILES string of the molecule is Cc1nc2sccn2c1CNCCCCC(F)(F)F. The van der Waals surface area contributed by atoms with Gasteiger partial charge in [-0.05, 0) is 26.3 Å². The fourth-order valence-corrected chi connectivity index (χ4v) is 2.71. The lowest BCUT2D eigenvalue weighted by Gasteiger charge is -2.07. The Morgan fingerprint density at radius 3 is 2.89 bits per heavy atom. The summed E-state index contributed by atoms with van der Waals surface area (Å²) in [6, 6.07) is 0. The molecule has 2 heterocycles. The number of halogens is 3. The van der Waals surface area contributed by atoms with Gasteiger partial charge < -0.3 is 5.32 Å². The van der Waals surface area contributed by atoms with Crippen molar-refractivity contribution in [3.8, 4) is 0 Å². The van der Waals surface area contributed by atoms with E-state index in [-0.39, 0.29) is 6.42 Å². The van der Waals surface area contributed by atoms with Crippen molar-refractivity contribution in [2.45, 2.75) is 38.9 Å². The van der Waals surface area contributed by atoms with Crippen LogP contribution in [0.5, 0.6) is 0 Å². The first-order chi connectivity index (χ1) is 8.97. The maximum absolute atomic E-state index is 11.9. The first-order valence-corrected chi connectivity index (χ1v) is 7.04. The second-order valence-corrected chi connectivity index (χ2v) is 5.32. The van der Waals surface area contributed by atoms with Crippen LogP contribution in [0.3, 0.4) is 0 Å². The minimum Gasteiger partial charge on any atom is -0.311 e. The van der Waals surface area contributed by atoms with Crippen molar-refractivity contribution in [1.82, 2.24) is 14.7 Å². The van der Waals surface area contributed by atoms with Gasteiger partial charge in [0.05, 0.1) is 11.4 Å². The zero-order valence-corrected chi connectivity index (χ0v) is 11.4. The van der Waals surface area contributed by atoms with Crippen LogP contribution >= 0.6 is 11.3 Å². The summed E-state index contributed by atoms with van der Waals surface area (Å²) in [7, 11) is 0. The van der Waals surface area contributed by atoms with E-state index >= 15 is 0 Å². The number of rotatable bonds is 6. The van der Waals surface area contributed by atoms with Gasteiger partial charge in [-0.25, -0.2) is 4.98 Å². The Balaban J connectivity index is 1.74. The molecule has 0 aliphatic carbocycles. The molecule has 2 rings (SSSR count). The molecule has 0 fully saturated rings. The fraction of sp³-hybridized carbons (Fsp3) is 0.583. The van der Waals surface area contributed by atoms with Crippen molar-refractivity contribution in [2.75, 3.05) is 6.54 Å². The van der Waals surface area contributed by atoms with Gasteiger partial charge in [-0.15, -0.1) is 11.3 Å². The Morgan fingerprint density at radius 1 is 1.37 bits per heavy atom. The zero-order chi connectivity index (χ0) is 13.9. The van der Waals surface area contributed by atoms with Crippen molar-refractivity contribution in [2.24, 2.45) is 0 Å². The van der Waals surface area contributed by atoms with Crippen molar-refractivity contribution in [3.05, 3.63) is 23.0 Å². The fourth-order valence-electron chi connectivity index (χ4n) is 1.94. The Morgan fingerprint density at radius 2 is 2.16 bits per heavy atom. The normalized spacial score (nSPS) is 12.4. The summed E-state index contributed by atoms with van der Waals surface area (Å²) in [6.07, 6.45) is -2.07. The summed E-state index contributed by atoms with van der Waals surface area (Å²) in [6.45, 7) is 3.17. The number of unbranched alkanes of at least 4 members (excludes halogenated alkanes) is 1. The molecule has 0 aliphatic rings. The van der Waals surface area contributed by atoms with E-state index in [9.17, 15) is 13.2 Å². The standard InChI is InChI=1S/C12H16F3N3S/c1-9-10(18-6-7-19-11(18)17-9)8-16-5-3-2-4-12(13,14)15/h6-7,16H,2-5,8H2,1H3. The molecule has 0 radical (unpaired) electrons. The lowest BCUT2D eigenvalue weighted by atomic mass is 10.2. The van der Waals surface area contributed by atoms with Gasteiger partial charge in [-0.2, -0.15) is 13.2 Å². The number of alkyl halides is 3. The summed E-state index contributed by atoms with van der Waals surface area (Å²) >= 11 is 1.57. The van der Waals surface area contributed by atoms with E-state index in [0.29, 0.717) is 19.5 Å². The van der Waals surface area contributed by atoms with E-state index in [1.807, 2.05) is 22.9 Å². The van der Waals surface area contributed by atoms with E-state index in [1.165, 1.54) is 0 Å². The summed E-state index contributed by atoms with van der Waals surface area (Å²) in [4.78, 5) is 5.36. The van der Waals surface area contributed by atoms with Gasteiger partial charge in [0, 0.05) is 24.5 Å². The number of aryl methyl sites for hydroxylation is 1. The van der Waals surface area contributed by atoms with E-state index in [4.69, 9.17) is 0 Å². The van der Waals surface area contributed by atoms with Crippen LogP contribution in [0.15, 0.2) is 11.6 Å². The maximum Gasteiger partial charge on any atom is 0.389 e. The molecule has 0 spiro atoms. The predicted octanol–water partition coefficient (Wildman–Crippen LogP) is 3.53. The molecule has 0 saturated carbocycles. The highest BCUT2D eigenvalue weighted by Gasteiger charge is 2.25. The third-order valence-corrected chi connectivity index (χ3v) is 3.67.